The highest BCUT2D eigenvalue weighted by Crippen LogP contribution is 2.35. The van der Waals surface area contributed by atoms with Gasteiger partial charge in [-0.15, -0.1) is 22.7 Å². The van der Waals surface area contributed by atoms with E-state index in [1.807, 2.05) is 42.6 Å². The third kappa shape index (κ3) is 3.12. The van der Waals surface area contributed by atoms with E-state index in [0.717, 1.165) is 16.5 Å². The summed E-state index contributed by atoms with van der Waals surface area (Å²) in [5.41, 5.74) is 0. The molecule has 1 N–H and O–H groups in total. The minimum absolute atomic E-state index is 0.0810. The molecule has 1 unspecified atom stereocenters. The number of rotatable bonds is 4. The Kier molecular flexibility index (Phi) is 4.29. The number of hydrogen-bond acceptors (Lipinski definition) is 3. The van der Waals surface area contributed by atoms with Crippen LogP contribution in [0, 0.1) is 0 Å². The molecule has 0 fully saturated rings. The van der Waals surface area contributed by atoms with Crippen LogP contribution in [0.25, 0.3) is 10.1 Å². The van der Waals surface area contributed by atoms with Gasteiger partial charge in [-0.1, -0.05) is 35.9 Å². The Balaban J connectivity index is 1.76. The first kappa shape index (κ1) is 14.6. The van der Waals surface area contributed by atoms with Crippen molar-refractivity contribution in [2.75, 3.05) is 0 Å². The fraction of sp³-hybridized carbons (Fsp3) is 0.188. The maximum atomic E-state index is 12.4. The summed E-state index contributed by atoms with van der Waals surface area (Å²) < 4.78 is 1.04. The van der Waals surface area contributed by atoms with Crippen LogP contribution in [-0.2, 0) is 6.42 Å². The Hall–Kier alpha value is -1.36. The summed E-state index contributed by atoms with van der Waals surface area (Å²) in [7, 11) is 0. The van der Waals surface area contributed by atoms with E-state index in [9.17, 15) is 4.79 Å². The van der Waals surface area contributed by atoms with E-state index in [2.05, 4.69) is 11.4 Å². The van der Waals surface area contributed by atoms with E-state index < -0.39 is 0 Å². The van der Waals surface area contributed by atoms with Crippen molar-refractivity contribution in [3.05, 3.63) is 56.6 Å². The molecule has 0 aliphatic rings. The molecule has 0 spiro atoms. The number of fused-ring (bicyclic) bond motifs is 1. The van der Waals surface area contributed by atoms with Crippen molar-refractivity contribution in [1.82, 2.24) is 5.32 Å². The Labute approximate surface area is 136 Å². The number of carbonyl (C=O) groups excluding carboxylic acids is 1. The molecule has 2 aromatic heterocycles. The van der Waals surface area contributed by atoms with Crippen LogP contribution in [-0.4, -0.2) is 11.9 Å². The average molecular weight is 336 g/mol. The predicted molar refractivity (Wildman–Crippen MR) is 91.8 cm³/mol. The molecule has 108 valence electrons. The van der Waals surface area contributed by atoms with Crippen LogP contribution in [0.3, 0.4) is 0 Å². The van der Waals surface area contributed by atoms with Crippen LogP contribution in [0.2, 0.25) is 5.02 Å². The molecule has 1 atom stereocenters. The van der Waals surface area contributed by atoms with Crippen molar-refractivity contribution in [2.24, 2.45) is 0 Å². The van der Waals surface area contributed by atoms with Crippen molar-refractivity contribution in [2.45, 2.75) is 19.4 Å². The zero-order valence-corrected chi connectivity index (χ0v) is 13.8. The van der Waals surface area contributed by atoms with Crippen molar-refractivity contribution in [3.8, 4) is 0 Å². The molecule has 2 nitrogen and oxygen atoms in total. The lowest BCUT2D eigenvalue weighted by Crippen LogP contribution is -2.33. The van der Waals surface area contributed by atoms with Crippen LogP contribution >= 0.6 is 34.3 Å². The number of hydrogen-bond donors (Lipinski definition) is 1. The molecule has 3 aromatic rings. The molecule has 3 rings (SSSR count). The van der Waals surface area contributed by atoms with Crippen LogP contribution in [0.1, 0.15) is 21.5 Å². The van der Waals surface area contributed by atoms with Crippen molar-refractivity contribution < 1.29 is 4.79 Å². The molecule has 5 heteroatoms. The smallest absolute Gasteiger partial charge is 0.263 e. The zero-order chi connectivity index (χ0) is 14.8. The first-order valence-corrected chi connectivity index (χ1v) is 8.73. The molecule has 0 bridgehead atoms. The topological polar surface area (TPSA) is 29.1 Å². The van der Waals surface area contributed by atoms with E-state index in [-0.39, 0.29) is 11.9 Å². The number of halogens is 1. The highest BCUT2D eigenvalue weighted by molar-refractivity contribution is 7.21. The average Bonchev–Trinajstić information content (AvgIpc) is 3.07. The summed E-state index contributed by atoms with van der Waals surface area (Å²) in [6.45, 7) is 2.01. The van der Waals surface area contributed by atoms with Crippen molar-refractivity contribution in [1.29, 1.82) is 0 Å². The fourth-order valence-electron chi connectivity index (χ4n) is 2.23. The van der Waals surface area contributed by atoms with E-state index >= 15 is 0 Å². The molecule has 2 heterocycles. The van der Waals surface area contributed by atoms with Gasteiger partial charge < -0.3 is 5.32 Å². The summed E-state index contributed by atoms with van der Waals surface area (Å²) in [4.78, 5) is 14.3. The lowest BCUT2D eigenvalue weighted by molar-refractivity contribution is 0.0944. The highest BCUT2D eigenvalue weighted by atomic mass is 35.5. The van der Waals surface area contributed by atoms with Crippen LogP contribution in [0.15, 0.2) is 41.8 Å². The number of benzene rings is 1. The number of nitrogens with one attached hydrogen (secondary N) is 1. The maximum absolute atomic E-state index is 12.4. The lowest BCUT2D eigenvalue weighted by Gasteiger charge is -2.12. The second kappa shape index (κ2) is 6.18. The molecule has 1 amide bonds. The minimum atomic E-state index is -0.0924. The van der Waals surface area contributed by atoms with Crippen LogP contribution in [0.5, 0.6) is 0 Å². The quantitative estimate of drug-likeness (QED) is 0.716. The first-order chi connectivity index (χ1) is 10.1. The van der Waals surface area contributed by atoms with Gasteiger partial charge in [-0.3, -0.25) is 4.79 Å². The molecule has 0 aliphatic carbocycles. The van der Waals surface area contributed by atoms with Crippen LogP contribution in [0.4, 0.5) is 0 Å². The number of carbonyl (C=O) groups is 1. The molecule has 0 saturated carbocycles. The number of thiophene rings is 2. The molecule has 1 aromatic carbocycles. The Morgan fingerprint density at radius 1 is 1.29 bits per heavy atom. The predicted octanol–water partition coefficient (Wildman–Crippen LogP) is 4.98. The van der Waals surface area contributed by atoms with Gasteiger partial charge in [0.05, 0.1) is 5.02 Å². The summed E-state index contributed by atoms with van der Waals surface area (Å²) >= 11 is 9.48. The third-order valence-corrected chi connectivity index (χ3v) is 5.78. The normalized spacial score (nSPS) is 12.5. The SMILES string of the molecule is CC(Cc1cccs1)NC(=O)c1sc2ccccc2c1Cl. The summed E-state index contributed by atoms with van der Waals surface area (Å²) in [6.07, 6.45) is 0.839. The van der Waals surface area contributed by atoms with E-state index in [4.69, 9.17) is 11.6 Å². The van der Waals surface area contributed by atoms with E-state index in [1.54, 1.807) is 11.3 Å². The Morgan fingerprint density at radius 3 is 2.81 bits per heavy atom. The lowest BCUT2D eigenvalue weighted by atomic mass is 10.2. The van der Waals surface area contributed by atoms with Gasteiger partial charge in [0.2, 0.25) is 0 Å². The Bertz CT molecular complexity index is 764. The van der Waals surface area contributed by atoms with Crippen LogP contribution < -0.4 is 5.32 Å². The van der Waals surface area contributed by atoms with Gasteiger partial charge in [-0.05, 0) is 24.4 Å². The standard InChI is InChI=1S/C16H14ClNOS2/c1-10(9-11-5-4-8-20-11)18-16(19)15-14(17)12-6-2-3-7-13(12)21-15/h2-8,10H,9H2,1H3,(H,18,19). The third-order valence-electron chi connectivity index (χ3n) is 3.21. The summed E-state index contributed by atoms with van der Waals surface area (Å²) in [5, 5.41) is 6.58. The number of amides is 1. The fourth-order valence-corrected chi connectivity index (χ4v) is 4.49. The van der Waals surface area contributed by atoms with E-state index in [0.29, 0.717) is 9.90 Å². The summed E-state index contributed by atoms with van der Waals surface area (Å²) in [6, 6.07) is 12.0. The Morgan fingerprint density at radius 2 is 2.10 bits per heavy atom. The van der Waals surface area contributed by atoms with Gasteiger partial charge in [0.25, 0.3) is 5.91 Å². The molecule has 21 heavy (non-hydrogen) atoms. The minimum Gasteiger partial charge on any atom is -0.348 e. The molecule has 0 radical (unpaired) electrons. The largest absolute Gasteiger partial charge is 0.348 e. The van der Waals surface area contributed by atoms with Gasteiger partial charge in [0.15, 0.2) is 0 Å². The van der Waals surface area contributed by atoms with Gasteiger partial charge in [-0.25, -0.2) is 0 Å². The molecule has 0 saturated heterocycles. The van der Waals surface area contributed by atoms with Gasteiger partial charge in [-0.2, -0.15) is 0 Å². The van der Waals surface area contributed by atoms with Gasteiger partial charge in [0, 0.05) is 27.4 Å². The molecule has 0 aliphatic heterocycles. The van der Waals surface area contributed by atoms with Gasteiger partial charge >= 0.3 is 0 Å². The van der Waals surface area contributed by atoms with Crippen molar-refractivity contribution in [3.63, 3.8) is 0 Å². The zero-order valence-electron chi connectivity index (χ0n) is 11.4. The summed E-state index contributed by atoms with van der Waals surface area (Å²) in [5.74, 6) is -0.0924. The second-order valence-electron chi connectivity index (χ2n) is 4.90. The highest BCUT2D eigenvalue weighted by Gasteiger charge is 2.18. The second-order valence-corrected chi connectivity index (χ2v) is 7.36. The van der Waals surface area contributed by atoms with Gasteiger partial charge in [0.1, 0.15) is 4.88 Å². The molecular formula is C16H14ClNOS2. The van der Waals surface area contributed by atoms with E-state index in [1.165, 1.54) is 16.2 Å². The maximum Gasteiger partial charge on any atom is 0.263 e. The molecular weight excluding hydrogens is 322 g/mol. The van der Waals surface area contributed by atoms with Crippen molar-refractivity contribution >= 4 is 50.3 Å². The monoisotopic (exact) mass is 335 g/mol. The first-order valence-electron chi connectivity index (χ1n) is 6.65.